The Morgan fingerprint density at radius 1 is 1.12 bits per heavy atom. The van der Waals surface area contributed by atoms with Gasteiger partial charge in [-0.05, 0) is 60.9 Å². The number of nitrogens with two attached hydrogens (primary N) is 1. The van der Waals surface area contributed by atoms with E-state index in [1.807, 2.05) is 6.07 Å². The third-order valence-corrected chi connectivity index (χ3v) is 5.93. The maximum absolute atomic E-state index is 4.94. The van der Waals surface area contributed by atoms with Gasteiger partial charge in [0.2, 0.25) is 0 Å². The minimum Gasteiger partial charge on any atom is -0.378 e. The Morgan fingerprint density at radius 2 is 1.96 bits per heavy atom. The van der Waals surface area contributed by atoms with Crippen molar-refractivity contribution in [2.24, 2.45) is 11.8 Å². The topological polar surface area (TPSA) is 56.5 Å². The molecule has 1 fully saturated rings. The SMILES string of the molecule is Cc1ccc([C@H]2Nc3ccc(SOON)cc3[C@H]3CCC[C@H]32)cc1. The monoisotopic (exact) mass is 342 g/mol. The molecule has 1 heterocycles. The Bertz CT molecular complexity index is 720. The molecule has 0 aromatic heterocycles. The Balaban J connectivity index is 1.67. The van der Waals surface area contributed by atoms with Crippen LogP contribution in [0.25, 0.3) is 0 Å². The van der Waals surface area contributed by atoms with Crippen molar-refractivity contribution >= 4 is 17.7 Å². The summed E-state index contributed by atoms with van der Waals surface area (Å²) in [5.74, 6) is 6.19. The van der Waals surface area contributed by atoms with E-state index in [0.717, 1.165) is 16.9 Å². The number of nitrogens with one attached hydrogen (secondary N) is 1. The summed E-state index contributed by atoms with van der Waals surface area (Å²) in [5, 5.41) is 3.78. The quantitative estimate of drug-likeness (QED) is 0.471. The molecule has 4 nitrogen and oxygen atoms in total. The highest BCUT2D eigenvalue weighted by atomic mass is 32.2. The zero-order valence-corrected chi connectivity index (χ0v) is 14.5. The van der Waals surface area contributed by atoms with Gasteiger partial charge in [-0.15, -0.1) is 9.32 Å². The molecule has 24 heavy (non-hydrogen) atoms. The van der Waals surface area contributed by atoms with Crippen LogP contribution in [0.2, 0.25) is 0 Å². The van der Waals surface area contributed by atoms with Gasteiger partial charge in [0, 0.05) is 10.6 Å². The molecule has 126 valence electrons. The molecule has 2 aliphatic rings. The average Bonchev–Trinajstić information content (AvgIpc) is 3.10. The van der Waals surface area contributed by atoms with Gasteiger partial charge in [0.25, 0.3) is 0 Å². The van der Waals surface area contributed by atoms with E-state index >= 15 is 0 Å². The zero-order valence-electron chi connectivity index (χ0n) is 13.7. The molecule has 0 radical (unpaired) electrons. The minimum absolute atomic E-state index is 0.396. The molecule has 0 unspecified atom stereocenters. The fourth-order valence-electron chi connectivity index (χ4n) is 4.24. The molecular weight excluding hydrogens is 320 g/mol. The van der Waals surface area contributed by atoms with Crippen molar-refractivity contribution in [2.45, 2.75) is 43.0 Å². The lowest BCUT2D eigenvalue weighted by Gasteiger charge is -2.38. The first-order valence-electron chi connectivity index (χ1n) is 8.43. The number of fused-ring (bicyclic) bond motifs is 3. The van der Waals surface area contributed by atoms with Crippen molar-refractivity contribution in [3.05, 3.63) is 59.2 Å². The van der Waals surface area contributed by atoms with Crippen LogP contribution >= 0.6 is 12.0 Å². The van der Waals surface area contributed by atoms with Crippen LogP contribution in [0.4, 0.5) is 5.69 Å². The molecule has 4 rings (SSSR count). The van der Waals surface area contributed by atoms with Gasteiger partial charge in [-0.2, -0.15) is 5.90 Å². The van der Waals surface area contributed by atoms with Gasteiger partial charge >= 0.3 is 0 Å². The normalized spacial score (nSPS) is 25.0. The second kappa shape index (κ2) is 6.76. The molecule has 1 aliphatic carbocycles. The summed E-state index contributed by atoms with van der Waals surface area (Å²) in [5.41, 5.74) is 5.33. The lowest BCUT2D eigenvalue weighted by atomic mass is 9.77. The number of rotatable bonds is 4. The van der Waals surface area contributed by atoms with Gasteiger partial charge in [-0.25, -0.2) is 0 Å². The molecular formula is C19H22N2O2S. The van der Waals surface area contributed by atoms with E-state index in [1.165, 1.54) is 41.6 Å². The largest absolute Gasteiger partial charge is 0.378 e. The first-order valence-corrected chi connectivity index (χ1v) is 9.17. The molecule has 5 heteroatoms. The maximum atomic E-state index is 4.94. The molecule has 0 spiro atoms. The Hall–Kier alpha value is -1.53. The minimum atomic E-state index is 0.396. The Kier molecular flexibility index (Phi) is 4.50. The highest BCUT2D eigenvalue weighted by Gasteiger charge is 2.40. The summed E-state index contributed by atoms with van der Waals surface area (Å²) in [6.07, 6.45) is 3.82. The second-order valence-corrected chi connectivity index (χ2v) is 7.50. The molecule has 0 amide bonds. The van der Waals surface area contributed by atoms with Gasteiger partial charge in [0.05, 0.1) is 18.1 Å². The molecule has 0 bridgehead atoms. The fourth-order valence-corrected chi connectivity index (χ4v) is 4.66. The van der Waals surface area contributed by atoms with Crippen molar-refractivity contribution in [2.75, 3.05) is 5.32 Å². The Morgan fingerprint density at radius 3 is 2.75 bits per heavy atom. The van der Waals surface area contributed by atoms with Crippen LogP contribution in [0, 0.1) is 12.8 Å². The van der Waals surface area contributed by atoms with Crippen LogP contribution < -0.4 is 11.2 Å². The third-order valence-electron chi connectivity index (χ3n) is 5.34. The number of hydrogen-bond acceptors (Lipinski definition) is 5. The summed E-state index contributed by atoms with van der Waals surface area (Å²) in [6, 6.07) is 15.7. The van der Waals surface area contributed by atoms with Crippen molar-refractivity contribution in [3.63, 3.8) is 0 Å². The van der Waals surface area contributed by atoms with Gasteiger partial charge in [-0.3, -0.25) is 0 Å². The van der Waals surface area contributed by atoms with E-state index in [-0.39, 0.29) is 0 Å². The summed E-state index contributed by atoms with van der Waals surface area (Å²) >= 11 is 1.15. The van der Waals surface area contributed by atoms with Crippen LogP contribution in [0.15, 0.2) is 47.4 Å². The third kappa shape index (κ3) is 2.93. The lowest BCUT2D eigenvalue weighted by Crippen LogP contribution is -2.28. The van der Waals surface area contributed by atoms with Crippen LogP contribution in [0.5, 0.6) is 0 Å². The van der Waals surface area contributed by atoms with Gasteiger partial charge in [-0.1, -0.05) is 36.2 Å². The predicted molar refractivity (Wildman–Crippen MR) is 96.3 cm³/mol. The Labute approximate surface area is 146 Å². The van der Waals surface area contributed by atoms with Crippen molar-refractivity contribution in [1.82, 2.24) is 0 Å². The molecule has 0 saturated heterocycles. The van der Waals surface area contributed by atoms with Crippen LogP contribution in [-0.4, -0.2) is 0 Å². The van der Waals surface area contributed by atoms with Crippen molar-refractivity contribution in [3.8, 4) is 0 Å². The van der Waals surface area contributed by atoms with Gasteiger partial charge < -0.3 is 5.32 Å². The molecule has 1 aliphatic heterocycles. The number of benzene rings is 2. The van der Waals surface area contributed by atoms with Crippen LogP contribution in [0.3, 0.4) is 0 Å². The molecule has 2 aromatic carbocycles. The molecule has 3 N–H and O–H groups in total. The number of anilines is 1. The summed E-state index contributed by atoms with van der Waals surface area (Å²) in [4.78, 5) is 5.22. The van der Waals surface area contributed by atoms with Crippen LogP contribution in [-0.2, 0) is 9.32 Å². The van der Waals surface area contributed by atoms with E-state index in [1.54, 1.807) is 0 Å². The van der Waals surface area contributed by atoms with Gasteiger partial charge in [0.1, 0.15) is 0 Å². The lowest BCUT2D eigenvalue weighted by molar-refractivity contribution is -0.195. The van der Waals surface area contributed by atoms with Gasteiger partial charge in [0.15, 0.2) is 0 Å². The summed E-state index contributed by atoms with van der Waals surface area (Å²) in [7, 11) is 0. The first kappa shape index (κ1) is 16.0. The summed E-state index contributed by atoms with van der Waals surface area (Å²) in [6.45, 7) is 2.14. The van der Waals surface area contributed by atoms with E-state index in [0.29, 0.717) is 17.9 Å². The zero-order chi connectivity index (χ0) is 16.5. The number of aryl methyl sites for hydroxylation is 1. The number of hydrogen-bond donors (Lipinski definition) is 2. The highest BCUT2D eigenvalue weighted by Crippen LogP contribution is 2.53. The van der Waals surface area contributed by atoms with E-state index < -0.39 is 0 Å². The highest BCUT2D eigenvalue weighted by molar-refractivity contribution is 7.94. The van der Waals surface area contributed by atoms with E-state index in [9.17, 15) is 0 Å². The van der Waals surface area contributed by atoms with Crippen molar-refractivity contribution < 1.29 is 9.32 Å². The molecule has 1 saturated carbocycles. The van der Waals surface area contributed by atoms with Crippen LogP contribution in [0.1, 0.15) is 47.9 Å². The second-order valence-electron chi connectivity index (χ2n) is 6.73. The van der Waals surface area contributed by atoms with E-state index in [4.69, 9.17) is 10.2 Å². The smallest absolute Gasteiger partial charge is 0.0702 e. The molecule has 3 atom stereocenters. The average molecular weight is 342 g/mol. The van der Waals surface area contributed by atoms with Crippen molar-refractivity contribution in [1.29, 1.82) is 0 Å². The first-order chi connectivity index (χ1) is 11.8. The summed E-state index contributed by atoms with van der Waals surface area (Å²) < 4.78 is 4.80. The fraction of sp³-hybridized carbons (Fsp3) is 0.368. The van der Waals surface area contributed by atoms with E-state index in [2.05, 4.69) is 53.6 Å². The maximum Gasteiger partial charge on any atom is 0.0702 e. The standard InChI is InChI=1S/C19H22N2O2S/c1-12-5-7-13(8-6-12)19-16-4-2-3-15(16)17-11-14(24-23-22-20)9-10-18(17)21-19/h5-11,15-16,19,21H,2-4,20H2,1H3/t15-,16+,19+/m0/s1. The predicted octanol–water partition coefficient (Wildman–Crippen LogP) is 4.87. The molecule has 2 aromatic rings.